The minimum atomic E-state index is -0.996. The summed E-state index contributed by atoms with van der Waals surface area (Å²) in [6, 6.07) is 23.5. The number of esters is 1. The Morgan fingerprint density at radius 2 is 1.65 bits per heavy atom. The van der Waals surface area contributed by atoms with Crippen LogP contribution in [0, 0.1) is 0 Å². The molecule has 184 valence electrons. The van der Waals surface area contributed by atoms with Gasteiger partial charge in [-0.3, -0.25) is 19.5 Å². The molecule has 3 aromatic carbocycles. The van der Waals surface area contributed by atoms with Crippen molar-refractivity contribution in [3.8, 4) is 0 Å². The molecule has 0 aliphatic carbocycles. The largest absolute Gasteiger partial charge is 0.507 e. The maximum absolute atomic E-state index is 13.4. The van der Waals surface area contributed by atoms with E-state index in [2.05, 4.69) is 4.98 Å². The standard InChI is InChI=1S/C30H24N2O5/c1-18(2)37-30(36)22-10-7-11-23(17-22)32-26(24-12-5-6-15-31-24)25(28(34)29(32)35)27(33)21-14-13-19-8-3-4-9-20(19)16-21/h3-18,26,33H,1-2H3/b27-25-. The second-order valence-electron chi connectivity index (χ2n) is 8.99. The number of carbonyl (C=O) groups excluding carboxylic acids is 3. The van der Waals surface area contributed by atoms with Crippen molar-refractivity contribution in [1.29, 1.82) is 0 Å². The van der Waals surface area contributed by atoms with Gasteiger partial charge in [0.25, 0.3) is 11.7 Å². The predicted molar refractivity (Wildman–Crippen MR) is 140 cm³/mol. The first-order valence-corrected chi connectivity index (χ1v) is 11.9. The highest BCUT2D eigenvalue weighted by Crippen LogP contribution is 2.42. The normalized spacial score (nSPS) is 16.9. The molecule has 37 heavy (non-hydrogen) atoms. The fourth-order valence-corrected chi connectivity index (χ4v) is 4.47. The summed E-state index contributed by atoms with van der Waals surface area (Å²) in [6.07, 6.45) is 1.24. The van der Waals surface area contributed by atoms with E-state index in [0.717, 1.165) is 10.8 Å². The van der Waals surface area contributed by atoms with E-state index >= 15 is 0 Å². The van der Waals surface area contributed by atoms with Gasteiger partial charge in [-0.05, 0) is 61.0 Å². The molecule has 1 saturated heterocycles. The van der Waals surface area contributed by atoms with E-state index in [9.17, 15) is 19.5 Å². The van der Waals surface area contributed by atoms with Gasteiger partial charge in [0.15, 0.2) is 0 Å². The van der Waals surface area contributed by atoms with Crippen molar-refractivity contribution in [3.63, 3.8) is 0 Å². The molecule has 1 fully saturated rings. The number of fused-ring (bicyclic) bond motifs is 1. The van der Waals surface area contributed by atoms with Crippen molar-refractivity contribution in [3.05, 3.63) is 114 Å². The van der Waals surface area contributed by atoms with E-state index in [1.54, 1.807) is 68.6 Å². The Balaban J connectivity index is 1.66. The molecule has 1 N–H and O–H groups in total. The van der Waals surface area contributed by atoms with Crippen LogP contribution >= 0.6 is 0 Å². The van der Waals surface area contributed by atoms with E-state index in [1.807, 2.05) is 30.3 Å². The van der Waals surface area contributed by atoms with E-state index in [1.165, 1.54) is 11.0 Å². The van der Waals surface area contributed by atoms with Crippen LogP contribution in [0.25, 0.3) is 16.5 Å². The Kier molecular flexibility index (Phi) is 6.27. The lowest BCUT2D eigenvalue weighted by molar-refractivity contribution is -0.132. The number of ketones is 1. The summed E-state index contributed by atoms with van der Waals surface area (Å²) in [6.45, 7) is 3.49. The Morgan fingerprint density at radius 1 is 0.892 bits per heavy atom. The minimum Gasteiger partial charge on any atom is -0.507 e. The first-order chi connectivity index (χ1) is 17.8. The van der Waals surface area contributed by atoms with Gasteiger partial charge in [0.05, 0.1) is 22.9 Å². The molecule has 0 bridgehead atoms. The van der Waals surface area contributed by atoms with Crippen molar-refractivity contribution in [2.45, 2.75) is 26.0 Å². The third-order valence-corrected chi connectivity index (χ3v) is 6.14. The molecular weight excluding hydrogens is 468 g/mol. The molecule has 7 heteroatoms. The third kappa shape index (κ3) is 4.47. The van der Waals surface area contributed by atoms with Crippen LogP contribution in [0.4, 0.5) is 5.69 Å². The summed E-state index contributed by atoms with van der Waals surface area (Å²) in [7, 11) is 0. The third-order valence-electron chi connectivity index (χ3n) is 6.14. The molecule has 1 atom stereocenters. The number of amides is 1. The number of carbonyl (C=O) groups is 3. The van der Waals surface area contributed by atoms with Gasteiger partial charge in [-0.15, -0.1) is 0 Å². The number of Topliss-reactive ketones (excluding diaryl/α,β-unsaturated/α-hetero) is 1. The maximum Gasteiger partial charge on any atom is 0.338 e. The molecule has 1 unspecified atom stereocenters. The highest BCUT2D eigenvalue weighted by Gasteiger charge is 2.47. The average molecular weight is 493 g/mol. The van der Waals surface area contributed by atoms with Gasteiger partial charge in [0.1, 0.15) is 11.8 Å². The maximum atomic E-state index is 13.4. The number of hydrogen-bond acceptors (Lipinski definition) is 6. The van der Waals surface area contributed by atoms with Crippen molar-refractivity contribution in [2.75, 3.05) is 4.90 Å². The molecular formula is C30H24N2O5. The summed E-state index contributed by atoms with van der Waals surface area (Å²) in [4.78, 5) is 45.0. The van der Waals surface area contributed by atoms with Gasteiger partial charge in [0, 0.05) is 17.4 Å². The average Bonchev–Trinajstić information content (AvgIpc) is 3.18. The van der Waals surface area contributed by atoms with Crippen LogP contribution in [0.1, 0.15) is 41.5 Å². The summed E-state index contributed by atoms with van der Waals surface area (Å²) in [5.74, 6) is -2.50. The number of aliphatic hydroxyl groups excluding tert-OH is 1. The van der Waals surface area contributed by atoms with Crippen LogP contribution in [-0.2, 0) is 14.3 Å². The zero-order valence-electron chi connectivity index (χ0n) is 20.3. The number of rotatable bonds is 5. The number of ether oxygens (including phenoxy) is 1. The van der Waals surface area contributed by atoms with Gasteiger partial charge in [-0.25, -0.2) is 4.79 Å². The Labute approximate surface area is 213 Å². The van der Waals surface area contributed by atoms with Crippen molar-refractivity contribution in [2.24, 2.45) is 0 Å². The van der Waals surface area contributed by atoms with Crippen LogP contribution in [0.15, 0.2) is 96.7 Å². The zero-order chi connectivity index (χ0) is 26.1. The second-order valence-corrected chi connectivity index (χ2v) is 8.99. The monoisotopic (exact) mass is 492 g/mol. The Bertz CT molecular complexity index is 1560. The van der Waals surface area contributed by atoms with Crippen LogP contribution in [-0.4, -0.2) is 33.9 Å². The Morgan fingerprint density at radius 3 is 2.38 bits per heavy atom. The van der Waals surface area contributed by atoms with Crippen molar-refractivity contribution < 1.29 is 24.2 Å². The van der Waals surface area contributed by atoms with Crippen LogP contribution < -0.4 is 4.90 Å². The number of aliphatic hydroxyl groups is 1. The van der Waals surface area contributed by atoms with Gasteiger partial charge in [0.2, 0.25) is 0 Å². The molecule has 1 amide bonds. The number of pyridine rings is 1. The molecule has 2 heterocycles. The first kappa shape index (κ1) is 23.9. The van der Waals surface area contributed by atoms with E-state index < -0.39 is 23.7 Å². The number of hydrogen-bond donors (Lipinski definition) is 1. The number of anilines is 1. The van der Waals surface area contributed by atoms with Crippen LogP contribution in [0.5, 0.6) is 0 Å². The summed E-state index contributed by atoms with van der Waals surface area (Å²) >= 11 is 0. The molecule has 0 radical (unpaired) electrons. The van der Waals surface area contributed by atoms with E-state index in [0.29, 0.717) is 16.9 Å². The van der Waals surface area contributed by atoms with E-state index in [-0.39, 0.29) is 23.0 Å². The molecule has 5 rings (SSSR count). The number of nitrogens with zero attached hydrogens (tertiary/aromatic N) is 2. The summed E-state index contributed by atoms with van der Waals surface area (Å²) < 4.78 is 5.29. The molecule has 4 aromatic rings. The fourth-order valence-electron chi connectivity index (χ4n) is 4.47. The smallest absolute Gasteiger partial charge is 0.338 e. The van der Waals surface area contributed by atoms with E-state index in [4.69, 9.17) is 4.74 Å². The topological polar surface area (TPSA) is 96.8 Å². The minimum absolute atomic E-state index is 0.0749. The second kappa shape index (κ2) is 9.70. The molecule has 1 aliphatic heterocycles. The summed E-state index contributed by atoms with van der Waals surface area (Å²) in [5, 5.41) is 13.2. The number of aromatic nitrogens is 1. The molecule has 0 saturated carbocycles. The fraction of sp³-hybridized carbons (Fsp3) is 0.133. The van der Waals surface area contributed by atoms with Gasteiger partial charge in [-0.1, -0.05) is 48.5 Å². The van der Waals surface area contributed by atoms with Gasteiger partial charge < -0.3 is 9.84 Å². The molecule has 1 aliphatic rings. The van der Waals surface area contributed by atoms with Crippen LogP contribution in [0.2, 0.25) is 0 Å². The lowest BCUT2D eigenvalue weighted by Crippen LogP contribution is -2.30. The first-order valence-electron chi connectivity index (χ1n) is 11.9. The lowest BCUT2D eigenvalue weighted by atomic mass is 9.97. The van der Waals surface area contributed by atoms with Gasteiger partial charge in [-0.2, -0.15) is 0 Å². The van der Waals surface area contributed by atoms with Crippen LogP contribution in [0.3, 0.4) is 0 Å². The quantitative estimate of drug-likeness (QED) is 0.173. The van der Waals surface area contributed by atoms with Gasteiger partial charge >= 0.3 is 5.97 Å². The van der Waals surface area contributed by atoms with Crippen molar-refractivity contribution in [1.82, 2.24) is 4.98 Å². The molecule has 1 aromatic heterocycles. The molecule has 7 nitrogen and oxygen atoms in total. The predicted octanol–water partition coefficient (Wildman–Crippen LogP) is 5.43. The highest BCUT2D eigenvalue weighted by atomic mass is 16.5. The highest BCUT2D eigenvalue weighted by molar-refractivity contribution is 6.51. The Hall–Kier alpha value is -4.78. The SMILES string of the molecule is CC(C)OC(=O)c1cccc(N2C(=O)C(=O)/C(=C(\O)c3ccc4ccccc4c3)C2c2ccccn2)c1. The zero-order valence-corrected chi connectivity index (χ0v) is 20.3. The van der Waals surface area contributed by atoms with Crippen molar-refractivity contribution >= 4 is 39.9 Å². The summed E-state index contributed by atoms with van der Waals surface area (Å²) in [5.41, 5.74) is 1.29. The lowest BCUT2D eigenvalue weighted by Gasteiger charge is -2.25. The molecule has 0 spiro atoms. The number of benzene rings is 3.